The lowest BCUT2D eigenvalue weighted by molar-refractivity contribution is -0.118. The van der Waals surface area contributed by atoms with Gasteiger partial charge in [-0.15, -0.1) is 0 Å². The molecule has 1 fully saturated rings. The first-order valence-electron chi connectivity index (χ1n) is 13.8. The number of nitrogens with two attached hydrogens (primary N) is 1. The molecular weight excluding hydrogens is 546 g/mol. The van der Waals surface area contributed by atoms with E-state index in [4.69, 9.17) is 15.6 Å². The Morgan fingerprint density at radius 2 is 1.62 bits per heavy atom. The summed E-state index contributed by atoms with van der Waals surface area (Å²) >= 11 is 0. The number of piperidine rings is 1. The Balaban J connectivity index is 1.27. The van der Waals surface area contributed by atoms with Crippen LogP contribution in [0.5, 0.6) is 11.5 Å². The second kappa shape index (κ2) is 14.0. The highest BCUT2D eigenvalue weighted by Crippen LogP contribution is 2.24. The number of ether oxygens (including phenoxy) is 1. The van der Waals surface area contributed by atoms with E-state index in [0.29, 0.717) is 24.0 Å². The van der Waals surface area contributed by atoms with Gasteiger partial charge in [-0.25, -0.2) is 13.6 Å². The maximum atomic E-state index is 14.3. The molecule has 5 N–H and O–H groups in total. The SMILES string of the molecule is CCCC(NC1CCN(Cc2ccc(Oc3ccc(C(=O)O)cc3)cc2)CC1)C(=O)Nc1cc(C(N)=O)c(F)cc1F. The lowest BCUT2D eigenvalue weighted by Crippen LogP contribution is -2.50. The van der Waals surface area contributed by atoms with Crippen LogP contribution in [0, 0.1) is 11.6 Å². The zero-order valence-electron chi connectivity index (χ0n) is 23.2. The molecular formula is C31H34F2N4O5. The monoisotopic (exact) mass is 580 g/mol. The number of halogens is 2. The Morgan fingerprint density at radius 3 is 2.19 bits per heavy atom. The summed E-state index contributed by atoms with van der Waals surface area (Å²) in [5.41, 5.74) is 5.68. The highest BCUT2D eigenvalue weighted by atomic mass is 19.1. The molecule has 4 rings (SSSR count). The van der Waals surface area contributed by atoms with Gasteiger partial charge in [0.2, 0.25) is 5.91 Å². The Morgan fingerprint density at radius 1 is 1.00 bits per heavy atom. The Kier molecular flexibility index (Phi) is 10.2. The normalized spacial score (nSPS) is 14.7. The minimum absolute atomic E-state index is 0.0890. The molecule has 3 aromatic carbocycles. The zero-order chi connectivity index (χ0) is 30.2. The van der Waals surface area contributed by atoms with Gasteiger partial charge in [-0.2, -0.15) is 0 Å². The predicted octanol–water partition coefficient (Wildman–Crippen LogP) is 4.92. The van der Waals surface area contributed by atoms with Crippen LogP contribution < -0.4 is 21.1 Å². The van der Waals surface area contributed by atoms with Crippen molar-refractivity contribution in [2.45, 2.75) is 51.2 Å². The lowest BCUT2D eigenvalue weighted by Gasteiger charge is -2.34. The fourth-order valence-corrected chi connectivity index (χ4v) is 4.90. The molecule has 0 radical (unpaired) electrons. The number of carboxylic acid groups (broad SMARTS) is 1. The highest BCUT2D eigenvalue weighted by molar-refractivity contribution is 5.98. The number of amides is 2. The Bertz CT molecular complexity index is 1410. The van der Waals surface area contributed by atoms with E-state index in [1.165, 1.54) is 12.1 Å². The number of hydrogen-bond acceptors (Lipinski definition) is 6. The van der Waals surface area contributed by atoms with Crippen molar-refractivity contribution in [3.8, 4) is 11.5 Å². The van der Waals surface area contributed by atoms with Crippen molar-refractivity contribution in [2.75, 3.05) is 18.4 Å². The third-order valence-electron chi connectivity index (χ3n) is 7.16. The number of carbonyl (C=O) groups is 3. The first-order chi connectivity index (χ1) is 20.1. The summed E-state index contributed by atoms with van der Waals surface area (Å²) < 4.78 is 33.9. The van der Waals surface area contributed by atoms with Gasteiger partial charge in [-0.3, -0.25) is 14.5 Å². The summed E-state index contributed by atoms with van der Waals surface area (Å²) in [6.45, 7) is 4.34. The molecule has 1 atom stereocenters. The molecule has 0 bridgehead atoms. The van der Waals surface area contributed by atoms with Crippen LogP contribution in [0.4, 0.5) is 14.5 Å². The van der Waals surface area contributed by atoms with Crippen molar-refractivity contribution in [1.82, 2.24) is 10.2 Å². The molecule has 0 aliphatic carbocycles. The van der Waals surface area contributed by atoms with E-state index >= 15 is 0 Å². The third kappa shape index (κ3) is 8.11. The summed E-state index contributed by atoms with van der Waals surface area (Å²) in [5, 5.41) is 14.9. The number of carboxylic acids is 1. The van der Waals surface area contributed by atoms with Gasteiger partial charge in [0.05, 0.1) is 22.9 Å². The summed E-state index contributed by atoms with van der Waals surface area (Å²) in [7, 11) is 0. The smallest absolute Gasteiger partial charge is 0.335 e. The zero-order valence-corrected chi connectivity index (χ0v) is 23.2. The Hall–Kier alpha value is -4.35. The van der Waals surface area contributed by atoms with E-state index in [1.54, 1.807) is 12.1 Å². The van der Waals surface area contributed by atoms with Crippen LogP contribution in [0.15, 0.2) is 60.7 Å². The van der Waals surface area contributed by atoms with Crippen LogP contribution in [-0.4, -0.2) is 53.0 Å². The molecule has 11 heteroatoms. The van der Waals surface area contributed by atoms with Gasteiger partial charge < -0.3 is 26.2 Å². The molecule has 1 heterocycles. The first-order valence-corrected chi connectivity index (χ1v) is 13.8. The van der Waals surface area contributed by atoms with Crippen molar-refractivity contribution < 1.29 is 33.0 Å². The number of anilines is 1. The molecule has 0 aromatic heterocycles. The van der Waals surface area contributed by atoms with Crippen LogP contribution >= 0.6 is 0 Å². The number of carbonyl (C=O) groups excluding carboxylic acids is 2. The van der Waals surface area contributed by atoms with E-state index in [9.17, 15) is 23.2 Å². The van der Waals surface area contributed by atoms with Crippen LogP contribution in [0.3, 0.4) is 0 Å². The molecule has 1 aliphatic heterocycles. The number of primary amides is 1. The van der Waals surface area contributed by atoms with Crippen molar-refractivity contribution in [1.29, 1.82) is 0 Å². The van der Waals surface area contributed by atoms with E-state index < -0.39 is 41.0 Å². The van der Waals surface area contributed by atoms with Gasteiger partial charge in [0.25, 0.3) is 5.91 Å². The summed E-state index contributed by atoms with van der Waals surface area (Å²) in [4.78, 5) is 37.7. The second-order valence-corrected chi connectivity index (χ2v) is 10.3. The number of benzene rings is 3. The lowest BCUT2D eigenvalue weighted by atomic mass is 10.0. The molecule has 0 saturated carbocycles. The molecule has 42 heavy (non-hydrogen) atoms. The van der Waals surface area contributed by atoms with E-state index in [1.807, 2.05) is 31.2 Å². The van der Waals surface area contributed by atoms with Crippen LogP contribution in [0.1, 0.15) is 58.9 Å². The topological polar surface area (TPSA) is 134 Å². The summed E-state index contributed by atoms with van der Waals surface area (Å²) in [6.07, 6.45) is 2.88. The quantitative estimate of drug-likeness (QED) is 0.239. The molecule has 222 valence electrons. The van der Waals surface area contributed by atoms with E-state index in [2.05, 4.69) is 15.5 Å². The molecule has 9 nitrogen and oxygen atoms in total. The minimum atomic E-state index is -1.08. The largest absolute Gasteiger partial charge is 0.478 e. The van der Waals surface area contributed by atoms with Gasteiger partial charge >= 0.3 is 5.97 Å². The molecule has 1 unspecified atom stereocenters. The van der Waals surface area contributed by atoms with Gasteiger partial charge in [-0.05, 0) is 80.4 Å². The molecule has 3 aromatic rings. The third-order valence-corrected chi connectivity index (χ3v) is 7.16. The average molecular weight is 581 g/mol. The minimum Gasteiger partial charge on any atom is -0.478 e. The Labute approximate surface area is 242 Å². The maximum Gasteiger partial charge on any atom is 0.335 e. The molecule has 1 aliphatic rings. The number of likely N-dealkylation sites (tertiary alicyclic amines) is 1. The van der Waals surface area contributed by atoms with Crippen LogP contribution in [0.2, 0.25) is 0 Å². The fourth-order valence-electron chi connectivity index (χ4n) is 4.90. The summed E-state index contributed by atoms with van der Waals surface area (Å²) in [6, 6.07) is 14.9. The first kappa shape index (κ1) is 30.6. The number of nitrogens with one attached hydrogen (secondary N) is 2. The average Bonchev–Trinajstić information content (AvgIpc) is 2.96. The van der Waals surface area contributed by atoms with Gasteiger partial charge in [0.15, 0.2) is 0 Å². The number of nitrogens with zero attached hydrogens (tertiary/aromatic N) is 1. The maximum absolute atomic E-state index is 14.3. The second-order valence-electron chi connectivity index (χ2n) is 10.3. The van der Waals surface area contributed by atoms with E-state index in [-0.39, 0.29) is 17.3 Å². The van der Waals surface area contributed by atoms with Crippen molar-refractivity contribution >= 4 is 23.5 Å². The van der Waals surface area contributed by atoms with E-state index in [0.717, 1.165) is 50.5 Å². The standard InChI is InChI=1S/C31H34F2N4O5/c1-2-3-27(30(39)36-28-16-24(29(34)38)25(32)17-26(28)33)35-21-12-14-37(15-13-21)18-19-4-8-22(9-5-19)42-23-10-6-20(7-11-23)31(40)41/h4-11,16-17,21,27,35H,2-3,12-15,18H2,1H3,(H2,34,38)(H,36,39)(H,40,41). The molecule has 2 amide bonds. The van der Waals surface area contributed by atoms with Crippen molar-refractivity contribution in [3.05, 3.63) is 89.0 Å². The predicted molar refractivity (Wildman–Crippen MR) is 154 cm³/mol. The van der Waals surface area contributed by atoms with Crippen LogP contribution in [-0.2, 0) is 11.3 Å². The molecule has 0 spiro atoms. The van der Waals surface area contributed by atoms with Gasteiger partial charge in [0, 0.05) is 18.7 Å². The number of rotatable bonds is 12. The highest BCUT2D eigenvalue weighted by Gasteiger charge is 2.26. The van der Waals surface area contributed by atoms with Gasteiger partial charge in [0.1, 0.15) is 23.1 Å². The number of hydrogen-bond donors (Lipinski definition) is 4. The van der Waals surface area contributed by atoms with Crippen molar-refractivity contribution in [3.63, 3.8) is 0 Å². The fraction of sp³-hybridized carbons (Fsp3) is 0.323. The molecule has 1 saturated heterocycles. The number of aromatic carboxylic acids is 1. The van der Waals surface area contributed by atoms with Crippen molar-refractivity contribution in [2.24, 2.45) is 5.73 Å². The van der Waals surface area contributed by atoms with Crippen LogP contribution in [0.25, 0.3) is 0 Å². The van der Waals surface area contributed by atoms with Gasteiger partial charge in [-0.1, -0.05) is 25.5 Å². The summed E-state index contributed by atoms with van der Waals surface area (Å²) in [5.74, 6) is -3.36.